The number of amides is 1. The van der Waals surface area contributed by atoms with Gasteiger partial charge in [0.15, 0.2) is 12.2 Å². The molecule has 28 heavy (non-hydrogen) atoms. The lowest BCUT2D eigenvalue weighted by atomic mass is 10.0. The van der Waals surface area contributed by atoms with Crippen LogP contribution in [-0.2, 0) is 0 Å². The first-order valence-electron chi connectivity index (χ1n) is 8.38. The average molecular weight is 373 g/mol. The number of H-pyrrole nitrogens is 1. The molecule has 0 aliphatic heterocycles. The maximum atomic E-state index is 12.9. The molecule has 138 valence electrons. The Morgan fingerprint density at radius 2 is 2.18 bits per heavy atom. The minimum atomic E-state index is -0.365. The third kappa shape index (κ3) is 2.85. The molecule has 8 nitrogen and oxygen atoms in total. The van der Waals surface area contributed by atoms with Gasteiger partial charge in [-0.05, 0) is 36.8 Å². The molecule has 0 unspecified atom stereocenters. The summed E-state index contributed by atoms with van der Waals surface area (Å²) in [6.45, 7) is 1.79. The number of nitriles is 1. The van der Waals surface area contributed by atoms with Crippen LogP contribution in [0.15, 0.2) is 47.3 Å². The van der Waals surface area contributed by atoms with E-state index in [1.807, 2.05) is 12.1 Å². The third-order valence-corrected chi connectivity index (χ3v) is 4.40. The number of anilines is 1. The SMILES string of the molecule is COc1c(C#N)ccc(C)c1C(=O)Nc1ccc2[nH]nc(-c3cnco3)c2c1. The van der Waals surface area contributed by atoms with Crippen LogP contribution in [0.3, 0.4) is 0 Å². The minimum absolute atomic E-state index is 0.256. The van der Waals surface area contributed by atoms with Crippen LogP contribution in [0.2, 0.25) is 0 Å². The molecule has 0 saturated carbocycles. The Morgan fingerprint density at radius 1 is 1.32 bits per heavy atom. The first-order valence-corrected chi connectivity index (χ1v) is 8.38. The number of benzene rings is 2. The summed E-state index contributed by atoms with van der Waals surface area (Å²) < 4.78 is 10.6. The van der Waals surface area contributed by atoms with E-state index in [-0.39, 0.29) is 11.7 Å². The predicted octanol–water partition coefficient (Wildman–Crippen LogP) is 3.66. The van der Waals surface area contributed by atoms with Gasteiger partial charge in [-0.1, -0.05) is 6.07 Å². The third-order valence-electron chi connectivity index (χ3n) is 4.40. The molecule has 0 aliphatic carbocycles. The molecule has 1 amide bonds. The van der Waals surface area contributed by atoms with Gasteiger partial charge < -0.3 is 14.5 Å². The second kappa shape index (κ2) is 6.89. The van der Waals surface area contributed by atoms with E-state index in [0.717, 1.165) is 10.9 Å². The molecule has 2 aromatic heterocycles. The van der Waals surface area contributed by atoms with Crippen molar-refractivity contribution in [3.05, 3.63) is 59.6 Å². The number of nitrogens with one attached hydrogen (secondary N) is 2. The van der Waals surface area contributed by atoms with E-state index in [9.17, 15) is 10.1 Å². The molecule has 0 aliphatic rings. The molecule has 4 aromatic rings. The number of oxazole rings is 1. The lowest BCUT2D eigenvalue weighted by molar-refractivity contribution is 0.102. The van der Waals surface area contributed by atoms with Crippen molar-refractivity contribution in [1.82, 2.24) is 15.2 Å². The molecular formula is C20H15N5O3. The maximum absolute atomic E-state index is 12.9. The van der Waals surface area contributed by atoms with Crippen LogP contribution in [0.4, 0.5) is 5.69 Å². The lowest BCUT2D eigenvalue weighted by Crippen LogP contribution is -2.15. The van der Waals surface area contributed by atoms with Gasteiger partial charge in [0, 0.05) is 11.1 Å². The zero-order valence-electron chi connectivity index (χ0n) is 15.1. The normalized spacial score (nSPS) is 10.6. The Kier molecular flexibility index (Phi) is 4.26. The van der Waals surface area contributed by atoms with Gasteiger partial charge in [0.2, 0.25) is 0 Å². The summed E-state index contributed by atoms with van der Waals surface area (Å²) in [6, 6.07) is 10.8. The molecule has 2 aromatic carbocycles. The van der Waals surface area contributed by atoms with Crippen LogP contribution < -0.4 is 10.1 Å². The zero-order valence-corrected chi connectivity index (χ0v) is 15.1. The Balaban J connectivity index is 1.72. The minimum Gasteiger partial charge on any atom is -0.495 e. The molecule has 0 spiro atoms. The Morgan fingerprint density at radius 3 is 2.89 bits per heavy atom. The fourth-order valence-corrected chi connectivity index (χ4v) is 3.07. The van der Waals surface area contributed by atoms with Crippen molar-refractivity contribution >= 4 is 22.5 Å². The molecule has 0 atom stereocenters. The Hall–Kier alpha value is -4.12. The number of carbonyl (C=O) groups excluding carboxylic acids is 1. The maximum Gasteiger partial charge on any atom is 0.259 e. The number of methoxy groups -OCH3 is 1. The van der Waals surface area contributed by atoms with Crippen LogP contribution in [-0.4, -0.2) is 28.2 Å². The van der Waals surface area contributed by atoms with Crippen molar-refractivity contribution in [2.24, 2.45) is 0 Å². The fourth-order valence-electron chi connectivity index (χ4n) is 3.07. The lowest BCUT2D eigenvalue weighted by Gasteiger charge is -2.13. The van der Waals surface area contributed by atoms with Gasteiger partial charge >= 0.3 is 0 Å². The molecule has 4 rings (SSSR count). The largest absolute Gasteiger partial charge is 0.495 e. The quantitative estimate of drug-likeness (QED) is 0.564. The van der Waals surface area contributed by atoms with Gasteiger partial charge in [-0.15, -0.1) is 0 Å². The van der Waals surface area contributed by atoms with E-state index in [2.05, 4.69) is 20.5 Å². The van der Waals surface area contributed by atoms with Crippen molar-refractivity contribution in [2.75, 3.05) is 12.4 Å². The second-order valence-corrected chi connectivity index (χ2v) is 6.10. The average Bonchev–Trinajstić information content (AvgIpc) is 3.36. The van der Waals surface area contributed by atoms with Crippen molar-refractivity contribution in [3.63, 3.8) is 0 Å². The standard InChI is InChI=1S/C20H15N5O3/c1-11-3-4-12(8-21)19(27-2)17(11)20(26)23-13-5-6-15-14(7-13)18(25-24-15)16-9-22-10-28-16/h3-7,9-10H,1-2H3,(H,23,26)(H,24,25). The highest BCUT2D eigenvalue weighted by molar-refractivity contribution is 6.08. The summed E-state index contributed by atoms with van der Waals surface area (Å²) in [5.74, 6) is 0.413. The number of aromatic amines is 1. The first kappa shape index (κ1) is 17.3. The molecule has 0 bridgehead atoms. The highest BCUT2D eigenvalue weighted by Gasteiger charge is 2.20. The van der Waals surface area contributed by atoms with Gasteiger partial charge in [-0.3, -0.25) is 9.89 Å². The van der Waals surface area contributed by atoms with Crippen LogP contribution in [0.1, 0.15) is 21.5 Å². The summed E-state index contributed by atoms with van der Waals surface area (Å²) in [6.07, 6.45) is 2.90. The van der Waals surface area contributed by atoms with Gasteiger partial charge in [0.25, 0.3) is 5.91 Å². The zero-order chi connectivity index (χ0) is 19.7. The molecular weight excluding hydrogens is 358 g/mol. The number of nitrogens with zero attached hydrogens (tertiary/aromatic N) is 3. The van der Waals surface area contributed by atoms with E-state index >= 15 is 0 Å². The Labute approximate surface area is 159 Å². The molecule has 2 N–H and O–H groups in total. The van der Waals surface area contributed by atoms with Crippen molar-refractivity contribution in [2.45, 2.75) is 6.92 Å². The van der Waals surface area contributed by atoms with E-state index < -0.39 is 0 Å². The number of carbonyl (C=O) groups is 1. The van der Waals surface area contributed by atoms with Crippen LogP contribution in [0.25, 0.3) is 22.4 Å². The van der Waals surface area contributed by atoms with Crippen LogP contribution >= 0.6 is 0 Å². The number of aromatic nitrogens is 3. The monoisotopic (exact) mass is 373 g/mol. The molecule has 0 radical (unpaired) electrons. The summed E-state index contributed by atoms with van der Waals surface area (Å²) in [4.78, 5) is 16.8. The molecule has 0 fully saturated rings. The highest BCUT2D eigenvalue weighted by atomic mass is 16.5. The van der Waals surface area contributed by atoms with E-state index in [0.29, 0.717) is 33.8 Å². The Bertz CT molecular complexity index is 1220. The number of fused-ring (bicyclic) bond motifs is 1. The predicted molar refractivity (Wildman–Crippen MR) is 102 cm³/mol. The number of hydrogen-bond acceptors (Lipinski definition) is 6. The van der Waals surface area contributed by atoms with Gasteiger partial charge in [0.05, 0.1) is 30.0 Å². The molecule has 0 saturated heterocycles. The van der Waals surface area contributed by atoms with E-state index in [4.69, 9.17) is 9.15 Å². The van der Waals surface area contributed by atoms with Crippen molar-refractivity contribution in [1.29, 1.82) is 5.26 Å². The van der Waals surface area contributed by atoms with Crippen molar-refractivity contribution in [3.8, 4) is 23.3 Å². The topological polar surface area (TPSA) is 117 Å². The van der Waals surface area contributed by atoms with Crippen molar-refractivity contribution < 1.29 is 13.9 Å². The smallest absolute Gasteiger partial charge is 0.259 e. The molecule has 8 heteroatoms. The number of hydrogen-bond donors (Lipinski definition) is 2. The van der Waals surface area contributed by atoms with Gasteiger partial charge in [-0.2, -0.15) is 10.4 Å². The summed E-state index contributed by atoms with van der Waals surface area (Å²) in [7, 11) is 1.44. The summed E-state index contributed by atoms with van der Waals surface area (Å²) in [5.41, 5.74) is 3.30. The number of aryl methyl sites for hydroxylation is 1. The second-order valence-electron chi connectivity index (χ2n) is 6.10. The summed E-state index contributed by atoms with van der Waals surface area (Å²) in [5, 5.41) is 20.1. The molecule has 2 heterocycles. The summed E-state index contributed by atoms with van der Waals surface area (Å²) >= 11 is 0. The number of ether oxygens (including phenoxy) is 1. The van der Waals surface area contributed by atoms with Crippen LogP contribution in [0, 0.1) is 18.3 Å². The van der Waals surface area contributed by atoms with Gasteiger partial charge in [-0.25, -0.2) is 4.98 Å². The van der Waals surface area contributed by atoms with E-state index in [1.165, 1.54) is 13.5 Å². The van der Waals surface area contributed by atoms with Gasteiger partial charge in [0.1, 0.15) is 17.5 Å². The number of rotatable bonds is 4. The van der Waals surface area contributed by atoms with Crippen LogP contribution in [0.5, 0.6) is 5.75 Å². The fraction of sp³-hybridized carbons (Fsp3) is 0.100. The van der Waals surface area contributed by atoms with E-state index in [1.54, 1.807) is 37.4 Å². The first-order chi connectivity index (χ1) is 13.6. The highest BCUT2D eigenvalue weighted by Crippen LogP contribution is 2.30.